The van der Waals surface area contributed by atoms with Gasteiger partial charge in [0.2, 0.25) is 0 Å². The molecule has 1 amide bonds. The van der Waals surface area contributed by atoms with Crippen molar-refractivity contribution in [2.24, 2.45) is 0 Å². The maximum absolute atomic E-state index is 12.0. The first-order valence-corrected chi connectivity index (χ1v) is 7.53. The predicted octanol–water partition coefficient (Wildman–Crippen LogP) is 2.55. The number of hydrogen-bond donors (Lipinski definition) is 2. The van der Waals surface area contributed by atoms with Crippen LogP contribution in [0, 0.1) is 0 Å². The van der Waals surface area contributed by atoms with Crippen molar-refractivity contribution in [3.63, 3.8) is 0 Å². The summed E-state index contributed by atoms with van der Waals surface area (Å²) in [6.45, 7) is 0.378. The summed E-state index contributed by atoms with van der Waals surface area (Å²) in [6.07, 6.45) is 0.444. The van der Waals surface area contributed by atoms with E-state index in [1.54, 1.807) is 42.5 Å². The van der Waals surface area contributed by atoms with Crippen molar-refractivity contribution < 1.29 is 4.79 Å². The summed E-state index contributed by atoms with van der Waals surface area (Å²) in [5, 5.41) is 3.93. The number of hydrogen-bond acceptors (Lipinski definition) is 3. The van der Waals surface area contributed by atoms with Crippen LogP contribution in [0.4, 0.5) is 0 Å². The maximum atomic E-state index is 12.0. The Morgan fingerprint density at radius 1 is 1.13 bits per heavy atom. The normalized spacial score (nSPS) is 10.7. The van der Waals surface area contributed by atoms with E-state index in [-0.39, 0.29) is 11.5 Å². The van der Waals surface area contributed by atoms with Crippen LogP contribution in [0.1, 0.15) is 16.2 Å². The minimum atomic E-state index is -0.190. The number of halogens is 1. The van der Waals surface area contributed by atoms with Crippen LogP contribution in [0.3, 0.4) is 0 Å². The largest absolute Gasteiger partial charge is 0.352 e. The molecule has 3 aromatic rings. The van der Waals surface area contributed by atoms with E-state index in [9.17, 15) is 9.59 Å². The van der Waals surface area contributed by atoms with Crippen LogP contribution in [0.25, 0.3) is 10.9 Å². The Morgan fingerprint density at radius 2 is 1.87 bits per heavy atom. The van der Waals surface area contributed by atoms with Gasteiger partial charge in [-0.15, -0.1) is 0 Å². The average molecular weight is 328 g/mol. The van der Waals surface area contributed by atoms with Crippen molar-refractivity contribution in [1.82, 2.24) is 15.3 Å². The monoisotopic (exact) mass is 327 g/mol. The van der Waals surface area contributed by atoms with E-state index in [1.807, 2.05) is 6.07 Å². The van der Waals surface area contributed by atoms with Crippen LogP contribution in [0.15, 0.2) is 53.3 Å². The van der Waals surface area contributed by atoms with Crippen molar-refractivity contribution in [2.75, 3.05) is 6.54 Å². The number of carbonyl (C=O) groups excluding carboxylic acids is 1. The van der Waals surface area contributed by atoms with Crippen molar-refractivity contribution in [3.05, 3.63) is 75.3 Å². The third kappa shape index (κ3) is 3.57. The molecule has 116 valence electrons. The van der Waals surface area contributed by atoms with Gasteiger partial charge in [-0.1, -0.05) is 23.7 Å². The van der Waals surface area contributed by atoms with Gasteiger partial charge in [0.05, 0.1) is 10.9 Å². The van der Waals surface area contributed by atoms with Crippen LogP contribution in [0.5, 0.6) is 0 Å². The van der Waals surface area contributed by atoms with E-state index < -0.39 is 0 Å². The predicted molar refractivity (Wildman–Crippen MR) is 89.9 cm³/mol. The van der Waals surface area contributed by atoms with Gasteiger partial charge >= 0.3 is 0 Å². The number of amides is 1. The molecule has 0 spiro atoms. The molecular weight excluding hydrogens is 314 g/mol. The lowest BCUT2D eigenvalue weighted by Crippen LogP contribution is -2.26. The second kappa shape index (κ2) is 6.62. The number of nitrogens with one attached hydrogen (secondary N) is 2. The van der Waals surface area contributed by atoms with Crippen molar-refractivity contribution in [2.45, 2.75) is 6.42 Å². The van der Waals surface area contributed by atoms with E-state index in [2.05, 4.69) is 15.3 Å². The molecule has 0 unspecified atom stereocenters. The highest BCUT2D eigenvalue weighted by Crippen LogP contribution is 2.09. The number of aromatic nitrogens is 2. The minimum absolute atomic E-state index is 0.172. The van der Waals surface area contributed by atoms with Crippen LogP contribution in [0.2, 0.25) is 5.02 Å². The fourth-order valence-corrected chi connectivity index (χ4v) is 2.38. The fourth-order valence-electron chi connectivity index (χ4n) is 2.25. The Labute approximate surface area is 137 Å². The molecule has 3 rings (SSSR count). The highest BCUT2D eigenvalue weighted by Gasteiger charge is 2.06. The maximum Gasteiger partial charge on any atom is 0.258 e. The van der Waals surface area contributed by atoms with Gasteiger partial charge in [-0.2, -0.15) is 0 Å². The molecule has 1 heterocycles. The molecule has 0 saturated carbocycles. The molecule has 5 nitrogen and oxygen atoms in total. The Bertz CT molecular complexity index is 904. The lowest BCUT2D eigenvalue weighted by Gasteiger charge is -2.06. The number of carbonyl (C=O) groups is 1. The molecule has 0 atom stereocenters. The zero-order chi connectivity index (χ0) is 16.2. The van der Waals surface area contributed by atoms with E-state index in [1.165, 1.54) is 0 Å². The highest BCUT2D eigenvalue weighted by atomic mass is 35.5. The number of para-hydroxylation sites is 1. The molecule has 0 radical (unpaired) electrons. The molecule has 0 aliphatic carbocycles. The Morgan fingerprint density at radius 3 is 2.65 bits per heavy atom. The lowest BCUT2D eigenvalue weighted by atomic mass is 10.2. The number of H-pyrrole nitrogens is 1. The summed E-state index contributed by atoms with van der Waals surface area (Å²) in [7, 11) is 0. The van der Waals surface area contributed by atoms with Crippen LogP contribution in [-0.4, -0.2) is 22.4 Å². The zero-order valence-electron chi connectivity index (χ0n) is 12.2. The summed E-state index contributed by atoms with van der Waals surface area (Å²) in [6, 6.07) is 13.8. The highest BCUT2D eigenvalue weighted by molar-refractivity contribution is 6.30. The molecule has 0 saturated heterocycles. The second-order valence-corrected chi connectivity index (χ2v) is 5.48. The Balaban J connectivity index is 1.65. The lowest BCUT2D eigenvalue weighted by molar-refractivity contribution is 0.0954. The molecule has 6 heteroatoms. The van der Waals surface area contributed by atoms with E-state index >= 15 is 0 Å². The van der Waals surface area contributed by atoms with Gasteiger partial charge in [-0.25, -0.2) is 4.98 Å². The third-order valence-corrected chi connectivity index (χ3v) is 3.67. The molecule has 0 fully saturated rings. The molecular formula is C17H14ClN3O2. The molecule has 0 bridgehead atoms. The summed E-state index contributed by atoms with van der Waals surface area (Å²) in [5.74, 6) is 0.356. The van der Waals surface area contributed by atoms with Gasteiger partial charge in [0.25, 0.3) is 11.5 Å². The number of nitrogens with zero attached hydrogens (tertiary/aromatic N) is 1. The third-order valence-electron chi connectivity index (χ3n) is 3.42. The molecule has 1 aromatic heterocycles. The van der Waals surface area contributed by atoms with Crippen LogP contribution in [-0.2, 0) is 6.42 Å². The van der Waals surface area contributed by atoms with Gasteiger partial charge in [0, 0.05) is 23.6 Å². The molecule has 0 aliphatic rings. The molecule has 23 heavy (non-hydrogen) atoms. The van der Waals surface area contributed by atoms with Crippen molar-refractivity contribution >= 4 is 28.4 Å². The van der Waals surface area contributed by atoms with Crippen LogP contribution < -0.4 is 10.9 Å². The van der Waals surface area contributed by atoms with Gasteiger partial charge in [-0.3, -0.25) is 9.59 Å². The number of rotatable bonds is 4. The smallest absolute Gasteiger partial charge is 0.258 e. The minimum Gasteiger partial charge on any atom is -0.352 e. The summed E-state index contributed by atoms with van der Waals surface area (Å²) >= 11 is 5.79. The first kappa shape index (κ1) is 15.2. The van der Waals surface area contributed by atoms with Crippen LogP contribution >= 0.6 is 11.6 Å². The van der Waals surface area contributed by atoms with Gasteiger partial charge in [-0.05, 0) is 36.4 Å². The van der Waals surface area contributed by atoms with Gasteiger partial charge in [0.15, 0.2) is 0 Å². The van der Waals surface area contributed by atoms with Gasteiger partial charge in [0.1, 0.15) is 5.82 Å². The van der Waals surface area contributed by atoms with E-state index in [4.69, 9.17) is 11.6 Å². The van der Waals surface area contributed by atoms with E-state index in [0.717, 1.165) is 0 Å². The quantitative estimate of drug-likeness (QED) is 0.773. The first-order chi connectivity index (χ1) is 11.1. The molecule has 0 aliphatic heterocycles. The topological polar surface area (TPSA) is 74.8 Å². The standard InChI is InChI=1S/C17H14ClN3O2/c18-12-7-5-11(6-8-12)16(22)19-10-9-15-20-14-4-2-1-3-13(14)17(23)21-15/h1-8H,9-10H2,(H,19,22)(H,20,21,23). The fraction of sp³-hybridized carbons (Fsp3) is 0.118. The SMILES string of the molecule is O=C(NCCc1nc2ccccc2c(=O)[nH]1)c1ccc(Cl)cc1. The van der Waals surface area contributed by atoms with Crippen molar-refractivity contribution in [3.8, 4) is 0 Å². The Kier molecular flexibility index (Phi) is 4.39. The average Bonchev–Trinajstić information content (AvgIpc) is 2.55. The number of benzene rings is 2. The second-order valence-electron chi connectivity index (χ2n) is 5.04. The first-order valence-electron chi connectivity index (χ1n) is 7.15. The summed E-state index contributed by atoms with van der Waals surface area (Å²) in [4.78, 5) is 31.1. The summed E-state index contributed by atoms with van der Waals surface area (Å²) < 4.78 is 0. The van der Waals surface area contributed by atoms with E-state index in [0.29, 0.717) is 40.3 Å². The number of aromatic amines is 1. The summed E-state index contributed by atoms with van der Waals surface area (Å²) in [5.41, 5.74) is 1.01. The number of fused-ring (bicyclic) bond motifs is 1. The zero-order valence-corrected chi connectivity index (χ0v) is 12.9. The molecule has 2 aromatic carbocycles. The molecule has 2 N–H and O–H groups in total. The van der Waals surface area contributed by atoms with Gasteiger partial charge < -0.3 is 10.3 Å². The Hall–Kier alpha value is -2.66. The van der Waals surface area contributed by atoms with Crippen molar-refractivity contribution in [1.29, 1.82) is 0 Å².